The fourth-order valence-electron chi connectivity index (χ4n) is 4.56. The maximum absolute atomic E-state index is 13.3. The summed E-state index contributed by atoms with van der Waals surface area (Å²) in [6, 6.07) is 16.0. The van der Waals surface area contributed by atoms with Crippen molar-refractivity contribution < 1.29 is 13.2 Å². The van der Waals surface area contributed by atoms with E-state index in [-0.39, 0.29) is 18.2 Å². The lowest BCUT2D eigenvalue weighted by molar-refractivity contribution is 0.0953. The number of nitrogens with two attached hydrogens (primary N) is 1. The van der Waals surface area contributed by atoms with Gasteiger partial charge in [0, 0.05) is 11.1 Å². The summed E-state index contributed by atoms with van der Waals surface area (Å²) in [4.78, 5) is 14.2. The van der Waals surface area contributed by atoms with Crippen LogP contribution in [0.2, 0.25) is 0 Å². The molecule has 1 amide bonds. The van der Waals surface area contributed by atoms with Crippen LogP contribution in [0.5, 0.6) is 0 Å². The van der Waals surface area contributed by atoms with Crippen molar-refractivity contribution in [1.82, 2.24) is 10.3 Å². The molecule has 7 nitrogen and oxygen atoms in total. The van der Waals surface area contributed by atoms with Gasteiger partial charge < -0.3 is 0 Å². The van der Waals surface area contributed by atoms with E-state index in [4.69, 9.17) is 5.84 Å². The molecule has 2 aliphatic rings. The van der Waals surface area contributed by atoms with Crippen molar-refractivity contribution in [3.8, 4) is 0 Å². The number of rotatable bonds is 9. The predicted octanol–water partition coefficient (Wildman–Crippen LogP) is 2.65. The van der Waals surface area contributed by atoms with Crippen LogP contribution in [0.25, 0.3) is 0 Å². The van der Waals surface area contributed by atoms with Crippen LogP contribution < -0.4 is 15.6 Å². The highest BCUT2D eigenvalue weighted by Gasteiger charge is 2.50. The maximum Gasteiger partial charge on any atom is 0.265 e. The third-order valence-electron chi connectivity index (χ3n) is 6.45. The van der Waals surface area contributed by atoms with Crippen molar-refractivity contribution in [3.63, 3.8) is 0 Å². The van der Waals surface area contributed by atoms with Gasteiger partial charge in [-0.15, -0.1) is 0 Å². The van der Waals surface area contributed by atoms with Gasteiger partial charge in [-0.25, -0.2) is 14.3 Å². The van der Waals surface area contributed by atoms with E-state index in [1.807, 2.05) is 30.3 Å². The molecule has 1 spiro atoms. The molecule has 0 radical (unpaired) electrons. The number of nitrogens with zero attached hydrogens (tertiary/aromatic N) is 2. The van der Waals surface area contributed by atoms with E-state index in [9.17, 15) is 13.2 Å². The number of hydrogen-bond donors (Lipinski definition) is 2. The van der Waals surface area contributed by atoms with Crippen LogP contribution in [-0.4, -0.2) is 43.6 Å². The zero-order valence-electron chi connectivity index (χ0n) is 17.7. The molecule has 0 atom stereocenters. The summed E-state index contributed by atoms with van der Waals surface area (Å²) >= 11 is 0. The Morgan fingerprint density at radius 2 is 1.77 bits per heavy atom. The van der Waals surface area contributed by atoms with Crippen molar-refractivity contribution in [3.05, 3.63) is 65.7 Å². The minimum Gasteiger partial charge on any atom is -0.298 e. The Morgan fingerprint density at radius 1 is 1.06 bits per heavy atom. The quantitative estimate of drug-likeness (QED) is 0.354. The highest BCUT2D eigenvalue weighted by Crippen LogP contribution is 2.49. The number of carbonyl (C=O) groups is 1. The summed E-state index contributed by atoms with van der Waals surface area (Å²) in [6.45, 7) is 2.14. The molecule has 1 saturated heterocycles. The molecule has 1 aliphatic heterocycles. The molecule has 0 aromatic heterocycles. The lowest BCUT2D eigenvalue weighted by Gasteiger charge is -2.27. The van der Waals surface area contributed by atoms with Gasteiger partial charge in [-0.3, -0.25) is 19.4 Å². The van der Waals surface area contributed by atoms with E-state index >= 15 is 0 Å². The summed E-state index contributed by atoms with van der Waals surface area (Å²) in [6.07, 6.45) is 5.63. The number of amides is 1. The second-order valence-corrected chi connectivity index (χ2v) is 10.5. The predicted molar refractivity (Wildman–Crippen MR) is 122 cm³/mol. The number of anilines is 1. The van der Waals surface area contributed by atoms with Crippen molar-refractivity contribution in [2.24, 2.45) is 5.84 Å². The number of sulfonamides is 1. The fourth-order valence-corrected chi connectivity index (χ4v) is 6.06. The van der Waals surface area contributed by atoms with E-state index < -0.39 is 10.0 Å². The van der Waals surface area contributed by atoms with Crippen molar-refractivity contribution in [1.29, 1.82) is 0 Å². The molecule has 1 heterocycles. The monoisotopic (exact) mass is 442 g/mol. The van der Waals surface area contributed by atoms with E-state index in [1.54, 1.807) is 24.3 Å². The molecule has 2 aromatic rings. The van der Waals surface area contributed by atoms with Crippen LogP contribution in [0.3, 0.4) is 0 Å². The molecule has 1 aliphatic carbocycles. The molecule has 0 bridgehead atoms. The summed E-state index contributed by atoms with van der Waals surface area (Å²) < 4.78 is 28.1. The second kappa shape index (κ2) is 8.98. The van der Waals surface area contributed by atoms with Gasteiger partial charge in [0.05, 0.1) is 18.0 Å². The van der Waals surface area contributed by atoms with Crippen LogP contribution in [0.4, 0.5) is 5.69 Å². The number of nitrogen functional groups attached to an aromatic ring is 1. The lowest BCUT2D eigenvalue weighted by atomic mass is 10.1. The molecular weight excluding hydrogens is 412 g/mol. The first kappa shape index (κ1) is 21.8. The standard InChI is InChI=1S/C23H30N4O3S/c24-25-22(28)20-10-8-19(9-11-20)18-27(21-6-2-1-3-7-21)31(29,30)17-5-16-26-15-4-12-23(26)13-14-23/h1-3,6-11H,4-5,12-18,24H2,(H,25,28). The highest BCUT2D eigenvalue weighted by atomic mass is 32.2. The number of hydrazine groups is 1. The van der Waals surface area contributed by atoms with Crippen LogP contribution in [0, 0.1) is 0 Å². The van der Waals surface area contributed by atoms with E-state index in [1.165, 1.54) is 30.0 Å². The van der Waals surface area contributed by atoms with Crippen LogP contribution in [0.1, 0.15) is 48.0 Å². The number of benzene rings is 2. The number of para-hydroxylation sites is 1. The topological polar surface area (TPSA) is 95.7 Å². The zero-order valence-corrected chi connectivity index (χ0v) is 18.5. The van der Waals surface area contributed by atoms with Gasteiger partial charge >= 0.3 is 0 Å². The summed E-state index contributed by atoms with van der Waals surface area (Å²) in [5, 5.41) is 0. The van der Waals surface area contributed by atoms with Gasteiger partial charge in [-0.1, -0.05) is 30.3 Å². The molecule has 3 N–H and O–H groups in total. The number of nitrogens with one attached hydrogen (secondary N) is 1. The average Bonchev–Trinajstić information content (AvgIpc) is 3.46. The Hall–Kier alpha value is -2.42. The molecule has 31 heavy (non-hydrogen) atoms. The largest absolute Gasteiger partial charge is 0.298 e. The average molecular weight is 443 g/mol. The van der Waals surface area contributed by atoms with Gasteiger partial charge in [-0.2, -0.15) is 0 Å². The minimum absolute atomic E-state index is 0.113. The Bertz CT molecular complexity index is 1000. The van der Waals surface area contributed by atoms with Crippen molar-refractivity contribution >= 4 is 21.6 Å². The molecule has 2 aromatic carbocycles. The molecule has 2 fully saturated rings. The number of hydrogen-bond acceptors (Lipinski definition) is 5. The molecule has 8 heteroatoms. The lowest BCUT2D eigenvalue weighted by Crippen LogP contribution is -2.36. The van der Waals surface area contributed by atoms with Gasteiger partial charge in [0.25, 0.3) is 5.91 Å². The van der Waals surface area contributed by atoms with Gasteiger partial charge in [-0.05, 0) is 75.0 Å². The van der Waals surface area contributed by atoms with Crippen LogP contribution >= 0.6 is 0 Å². The Balaban J connectivity index is 1.47. The number of carbonyl (C=O) groups excluding carboxylic acids is 1. The third kappa shape index (κ3) is 4.92. The zero-order chi connectivity index (χ0) is 21.9. The molecule has 1 saturated carbocycles. The summed E-state index contributed by atoms with van der Waals surface area (Å²) in [5.41, 5.74) is 4.37. The maximum atomic E-state index is 13.3. The minimum atomic E-state index is -3.51. The van der Waals surface area contributed by atoms with Gasteiger partial charge in [0.2, 0.25) is 10.0 Å². The Labute approximate surface area is 184 Å². The first-order valence-corrected chi connectivity index (χ1v) is 12.4. The van der Waals surface area contributed by atoms with E-state index in [0.717, 1.165) is 18.7 Å². The molecule has 166 valence electrons. The normalized spacial score (nSPS) is 17.6. The molecule has 0 unspecified atom stereocenters. The van der Waals surface area contributed by atoms with E-state index in [0.29, 0.717) is 23.2 Å². The number of likely N-dealkylation sites (tertiary alicyclic amines) is 1. The Kier molecular flexibility index (Phi) is 6.31. The first-order valence-electron chi connectivity index (χ1n) is 10.8. The molecule has 4 rings (SSSR count). The van der Waals surface area contributed by atoms with Crippen LogP contribution in [-0.2, 0) is 16.6 Å². The molecular formula is C23H30N4O3S. The van der Waals surface area contributed by atoms with Crippen molar-refractivity contribution in [2.45, 2.75) is 44.2 Å². The fraction of sp³-hybridized carbons (Fsp3) is 0.435. The smallest absolute Gasteiger partial charge is 0.265 e. The van der Waals surface area contributed by atoms with Gasteiger partial charge in [0.1, 0.15) is 0 Å². The second-order valence-electron chi connectivity index (χ2n) is 8.50. The van der Waals surface area contributed by atoms with E-state index in [2.05, 4.69) is 10.3 Å². The van der Waals surface area contributed by atoms with Crippen molar-refractivity contribution in [2.75, 3.05) is 23.1 Å². The highest BCUT2D eigenvalue weighted by molar-refractivity contribution is 7.92. The SMILES string of the molecule is NNC(=O)c1ccc(CN(c2ccccc2)S(=O)(=O)CCCN2CCCC23CC3)cc1. The van der Waals surface area contributed by atoms with Crippen LogP contribution in [0.15, 0.2) is 54.6 Å². The first-order chi connectivity index (χ1) is 14.9. The Morgan fingerprint density at radius 3 is 2.42 bits per heavy atom. The van der Waals surface area contributed by atoms with Gasteiger partial charge in [0.15, 0.2) is 0 Å². The third-order valence-corrected chi connectivity index (χ3v) is 8.27. The summed E-state index contributed by atoms with van der Waals surface area (Å²) in [7, 11) is -3.51. The summed E-state index contributed by atoms with van der Waals surface area (Å²) in [5.74, 6) is 4.91.